The fourth-order valence-corrected chi connectivity index (χ4v) is 0.441. The first-order valence-corrected chi connectivity index (χ1v) is 2.66. The van der Waals surface area contributed by atoms with Gasteiger partial charge in [0.2, 0.25) is 0 Å². The summed E-state index contributed by atoms with van der Waals surface area (Å²) in [4.78, 5) is 9.40. The van der Waals surface area contributed by atoms with Gasteiger partial charge < -0.3 is 0 Å². The highest BCUT2D eigenvalue weighted by Crippen LogP contribution is 2.19. The van der Waals surface area contributed by atoms with Crippen LogP contribution in [0.4, 0.5) is 0 Å². The number of nitrogens with zero attached hydrogens (tertiary/aromatic N) is 1. The van der Waals surface area contributed by atoms with E-state index in [1.807, 2.05) is 7.05 Å². The molecule has 0 aromatic rings. The van der Waals surface area contributed by atoms with E-state index >= 15 is 0 Å². The van der Waals surface area contributed by atoms with E-state index in [1.165, 1.54) is 0 Å². The van der Waals surface area contributed by atoms with Gasteiger partial charge >= 0.3 is 0 Å². The summed E-state index contributed by atoms with van der Waals surface area (Å²) in [5.41, 5.74) is 0.0417. The van der Waals surface area contributed by atoms with Crippen LogP contribution in [0.2, 0.25) is 0 Å². The number of likely N-dealkylation sites (N-methyl/N-ethyl adjacent to an activating group) is 1. The quantitative estimate of drug-likeness (QED) is 0.433. The molecule has 0 saturated carbocycles. The van der Waals surface area contributed by atoms with E-state index in [1.54, 1.807) is 5.06 Å². The van der Waals surface area contributed by atoms with Crippen molar-refractivity contribution in [3.8, 4) is 0 Å². The molecule has 0 amide bonds. The molecular formula is C5H11NO2. The van der Waals surface area contributed by atoms with Crippen molar-refractivity contribution in [3.63, 3.8) is 0 Å². The Morgan fingerprint density at radius 2 is 2.12 bits per heavy atom. The lowest BCUT2D eigenvalue weighted by Crippen LogP contribution is -2.35. The normalized spacial score (nSPS) is 28.9. The van der Waals surface area contributed by atoms with Gasteiger partial charge in [0.1, 0.15) is 6.61 Å². The van der Waals surface area contributed by atoms with Crippen molar-refractivity contribution in [1.82, 2.24) is 5.06 Å². The largest absolute Gasteiger partial charge is 0.216 e. The smallest absolute Gasteiger partial charge is 0.104 e. The second-order valence-corrected chi connectivity index (χ2v) is 2.65. The molecule has 0 spiro atoms. The molecule has 0 atom stereocenters. The van der Waals surface area contributed by atoms with Crippen LogP contribution in [-0.2, 0) is 9.88 Å². The maximum absolute atomic E-state index is 4.70. The van der Waals surface area contributed by atoms with Gasteiger partial charge in [-0.25, -0.2) is 4.89 Å². The number of hydrogen-bond acceptors (Lipinski definition) is 3. The van der Waals surface area contributed by atoms with Crippen molar-refractivity contribution in [3.05, 3.63) is 0 Å². The molecular weight excluding hydrogens is 106 g/mol. The zero-order chi connectivity index (χ0) is 6.20. The van der Waals surface area contributed by atoms with Crippen LogP contribution >= 0.6 is 0 Å². The molecule has 0 unspecified atom stereocenters. The number of rotatable bonds is 0. The van der Waals surface area contributed by atoms with E-state index in [2.05, 4.69) is 13.8 Å². The topological polar surface area (TPSA) is 21.7 Å². The van der Waals surface area contributed by atoms with Crippen LogP contribution in [-0.4, -0.2) is 24.3 Å². The molecule has 0 aliphatic carbocycles. The van der Waals surface area contributed by atoms with Crippen molar-refractivity contribution in [1.29, 1.82) is 0 Å². The fraction of sp³-hybridized carbons (Fsp3) is 1.00. The molecule has 0 bridgehead atoms. The van der Waals surface area contributed by atoms with Gasteiger partial charge in [-0.15, -0.1) is 4.99 Å². The summed E-state index contributed by atoms with van der Waals surface area (Å²) in [6.45, 7) is 4.75. The molecule has 8 heavy (non-hydrogen) atoms. The Morgan fingerprint density at radius 3 is 2.25 bits per heavy atom. The highest BCUT2D eigenvalue weighted by molar-refractivity contribution is 4.74. The Hall–Kier alpha value is -0.120. The Morgan fingerprint density at radius 1 is 1.50 bits per heavy atom. The molecule has 0 aromatic heterocycles. The average molecular weight is 117 g/mol. The van der Waals surface area contributed by atoms with Gasteiger partial charge in [-0.2, -0.15) is 5.06 Å². The van der Waals surface area contributed by atoms with Crippen LogP contribution in [0.25, 0.3) is 0 Å². The molecule has 0 aromatic carbocycles. The fourth-order valence-electron chi connectivity index (χ4n) is 0.441. The third-order valence-electron chi connectivity index (χ3n) is 1.43. The highest BCUT2D eigenvalue weighted by atomic mass is 17.3. The van der Waals surface area contributed by atoms with Crippen LogP contribution in [0, 0.1) is 0 Å². The SMILES string of the molecule is CN1OOCC1(C)C. The summed E-state index contributed by atoms with van der Waals surface area (Å²) < 4.78 is 0. The van der Waals surface area contributed by atoms with E-state index in [0.717, 1.165) is 0 Å². The lowest BCUT2D eigenvalue weighted by atomic mass is 10.1. The highest BCUT2D eigenvalue weighted by Gasteiger charge is 2.31. The first-order valence-electron chi connectivity index (χ1n) is 2.66. The van der Waals surface area contributed by atoms with E-state index < -0.39 is 0 Å². The summed E-state index contributed by atoms with van der Waals surface area (Å²) in [7, 11) is 1.85. The summed E-state index contributed by atoms with van der Waals surface area (Å²) >= 11 is 0. The van der Waals surface area contributed by atoms with Gasteiger partial charge in [0.25, 0.3) is 0 Å². The molecule has 1 rings (SSSR count). The van der Waals surface area contributed by atoms with Gasteiger partial charge in [-0.3, -0.25) is 0 Å². The Bertz CT molecular complexity index is 92.4. The maximum Gasteiger partial charge on any atom is 0.104 e. The van der Waals surface area contributed by atoms with Crippen molar-refractivity contribution in [2.24, 2.45) is 0 Å². The molecule has 1 heterocycles. The van der Waals surface area contributed by atoms with Gasteiger partial charge in [-0.1, -0.05) is 0 Å². The van der Waals surface area contributed by atoms with Gasteiger partial charge in [0.15, 0.2) is 0 Å². The third kappa shape index (κ3) is 0.844. The minimum Gasteiger partial charge on any atom is -0.216 e. The van der Waals surface area contributed by atoms with Gasteiger partial charge in [0.05, 0.1) is 5.54 Å². The maximum atomic E-state index is 4.70. The Labute approximate surface area is 49.1 Å². The molecule has 3 heteroatoms. The van der Waals surface area contributed by atoms with Crippen molar-refractivity contribution >= 4 is 0 Å². The van der Waals surface area contributed by atoms with E-state index in [-0.39, 0.29) is 5.54 Å². The van der Waals surface area contributed by atoms with Crippen LogP contribution in [0.15, 0.2) is 0 Å². The first-order chi connectivity index (χ1) is 3.63. The van der Waals surface area contributed by atoms with Crippen LogP contribution in [0.3, 0.4) is 0 Å². The first kappa shape index (κ1) is 6.01. The second kappa shape index (κ2) is 1.69. The zero-order valence-electron chi connectivity index (χ0n) is 5.47. The van der Waals surface area contributed by atoms with Crippen molar-refractivity contribution in [2.75, 3.05) is 13.7 Å². The molecule has 48 valence electrons. The minimum absolute atomic E-state index is 0.0417. The van der Waals surface area contributed by atoms with E-state index in [4.69, 9.17) is 9.88 Å². The standard InChI is InChI=1S/C5H11NO2/c1-5(2)4-7-8-6(5)3/h4H2,1-3H3. The molecule has 1 fully saturated rings. The summed E-state index contributed by atoms with van der Waals surface area (Å²) in [6, 6.07) is 0. The summed E-state index contributed by atoms with van der Waals surface area (Å²) in [5.74, 6) is 0. The number of hydrogen-bond donors (Lipinski definition) is 0. The Balaban J connectivity index is 2.54. The monoisotopic (exact) mass is 117 g/mol. The lowest BCUT2D eigenvalue weighted by molar-refractivity contribution is -0.368. The third-order valence-corrected chi connectivity index (χ3v) is 1.43. The van der Waals surface area contributed by atoms with E-state index in [0.29, 0.717) is 6.61 Å². The zero-order valence-corrected chi connectivity index (χ0v) is 5.47. The molecule has 3 nitrogen and oxygen atoms in total. The summed E-state index contributed by atoms with van der Waals surface area (Å²) in [6.07, 6.45) is 0. The molecule has 0 radical (unpaired) electrons. The van der Waals surface area contributed by atoms with Gasteiger partial charge in [0, 0.05) is 7.05 Å². The molecule has 1 saturated heterocycles. The van der Waals surface area contributed by atoms with Crippen LogP contribution in [0.1, 0.15) is 13.8 Å². The van der Waals surface area contributed by atoms with Crippen LogP contribution < -0.4 is 0 Å². The lowest BCUT2D eigenvalue weighted by Gasteiger charge is -2.20. The van der Waals surface area contributed by atoms with Crippen molar-refractivity contribution in [2.45, 2.75) is 19.4 Å². The predicted molar refractivity (Wildman–Crippen MR) is 28.9 cm³/mol. The van der Waals surface area contributed by atoms with Crippen LogP contribution in [0.5, 0.6) is 0 Å². The molecule has 0 N–H and O–H groups in total. The molecule has 1 aliphatic rings. The average Bonchev–Trinajstić information content (AvgIpc) is 1.86. The van der Waals surface area contributed by atoms with Crippen molar-refractivity contribution < 1.29 is 9.88 Å². The van der Waals surface area contributed by atoms with E-state index in [9.17, 15) is 0 Å². The second-order valence-electron chi connectivity index (χ2n) is 2.65. The van der Waals surface area contributed by atoms with Gasteiger partial charge in [-0.05, 0) is 13.8 Å². The Kier molecular flexibility index (Phi) is 1.27. The predicted octanol–water partition coefficient (Wildman–Crippen LogP) is 0.574. The molecule has 1 aliphatic heterocycles. The summed E-state index contributed by atoms with van der Waals surface area (Å²) in [5, 5.41) is 1.70. The minimum atomic E-state index is 0.0417. The number of hydroxylamine groups is 2.